The summed E-state index contributed by atoms with van der Waals surface area (Å²) >= 11 is 0.766. The SMILES string of the molecule is COc1ccc(C(=O)c2oc3ccccc3c2NC(=O)CC2SC(=O)NC2=O)cc1. The lowest BCUT2D eigenvalue weighted by molar-refractivity contribution is -0.122. The maximum atomic E-state index is 13.1. The van der Waals surface area contributed by atoms with Gasteiger partial charge in [-0.05, 0) is 36.4 Å². The summed E-state index contributed by atoms with van der Waals surface area (Å²) in [7, 11) is 1.53. The second-order valence-corrected chi connectivity index (χ2v) is 7.67. The monoisotopic (exact) mass is 424 g/mol. The summed E-state index contributed by atoms with van der Waals surface area (Å²) in [5.41, 5.74) is 1.03. The molecule has 1 atom stereocenters. The predicted molar refractivity (Wildman–Crippen MR) is 111 cm³/mol. The van der Waals surface area contributed by atoms with Crippen molar-refractivity contribution < 1.29 is 28.3 Å². The van der Waals surface area contributed by atoms with E-state index in [1.54, 1.807) is 48.5 Å². The summed E-state index contributed by atoms with van der Waals surface area (Å²) in [4.78, 5) is 48.7. The first-order valence-corrected chi connectivity index (χ1v) is 9.86. The maximum absolute atomic E-state index is 13.1. The minimum absolute atomic E-state index is 0.0191. The molecule has 1 fully saturated rings. The van der Waals surface area contributed by atoms with Gasteiger partial charge in [-0.2, -0.15) is 0 Å². The van der Waals surface area contributed by atoms with Gasteiger partial charge in [-0.15, -0.1) is 0 Å². The molecule has 152 valence electrons. The highest BCUT2D eigenvalue weighted by Crippen LogP contribution is 2.33. The topological polar surface area (TPSA) is 115 Å². The van der Waals surface area contributed by atoms with Crippen LogP contribution < -0.4 is 15.4 Å². The fraction of sp³-hybridized carbons (Fsp3) is 0.143. The van der Waals surface area contributed by atoms with E-state index in [9.17, 15) is 19.2 Å². The molecule has 0 bridgehead atoms. The number of ketones is 1. The number of amides is 3. The molecule has 0 spiro atoms. The lowest BCUT2D eigenvalue weighted by Gasteiger charge is -2.08. The van der Waals surface area contributed by atoms with E-state index in [1.807, 2.05) is 0 Å². The van der Waals surface area contributed by atoms with Crippen LogP contribution in [0, 0.1) is 0 Å². The Hall–Kier alpha value is -3.59. The highest BCUT2D eigenvalue weighted by atomic mass is 32.2. The Morgan fingerprint density at radius 1 is 1.13 bits per heavy atom. The lowest BCUT2D eigenvalue weighted by atomic mass is 10.1. The number of hydrogen-bond donors (Lipinski definition) is 2. The Bertz CT molecular complexity index is 1170. The zero-order chi connectivity index (χ0) is 21.3. The number of hydrogen-bond acceptors (Lipinski definition) is 7. The van der Waals surface area contributed by atoms with Crippen LogP contribution in [0.5, 0.6) is 5.75 Å². The van der Waals surface area contributed by atoms with Crippen LogP contribution in [0.2, 0.25) is 0 Å². The number of carbonyl (C=O) groups excluding carboxylic acids is 4. The van der Waals surface area contributed by atoms with Crippen LogP contribution in [0.4, 0.5) is 10.5 Å². The fourth-order valence-corrected chi connectivity index (χ4v) is 3.91. The van der Waals surface area contributed by atoms with E-state index in [0.717, 1.165) is 11.8 Å². The molecule has 1 aliphatic rings. The summed E-state index contributed by atoms with van der Waals surface area (Å²) in [5, 5.41) is 4.09. The first-order chi connectivity index (χ1) is 14.5. The van der Waals surface area contributed by atoms with E-state index in [-0.39, 0.29) is 17.9 Å². The number of methoxy groups -OCH3 is 1. The standard InChI is InChI=1S/C21H16N2O6S/c1-28-12-8-6-11(7-9-12)18(25)19-17(13-4-2-3-5-14(13)29-19)22-16(24)10-15-20(26)23-21(27)30-15/h2-9,15H,10H2,1H3,(H,22,24)(H,23,26,27). The lowest BCUT2D eigenvalue weighted by Crippen LogP contribution is -2.27. The molecule has 8 nitrogen and oxygen atoms in total. The van der Waals surface area contributed by atoms with E-state index >= 15 is 0 Å². The third kappa shape index (κ3) is 3.79. The molecular formula is C21H16N2O6S. The van der Waals surface area contributed by atoms with Crippen LogP contribution in [0.1, 0.15) is 22.5 Å². The second kappa shape index (κ2) is 8.03. The third-order valence-electron chi connectivity index (χ3n) is 4.56. The van der Waals surface area contributed by atoms with Gasteiger partial charge in [0.15, 0.2) is 5.76 Å². The van der Waals surface area contributed by atoms with Gasteiger partial charge in [0.05, 0.1) is 12.8 Å². The van der Waals surface area contributed by atoms with Crippen molar-refractivity contribution >= 4 is 51.3 Å². The summed E-state index contributed by atoms with van der Waals surface area (Å²) < 4.78 is 10.9. The molecule has 4 rings (SSSR count). The number of ether oxygens (including phenoxy) is 1. The summed E-state index contributed by atoms with van der Waals surface area (Å²) in [6, 6.07) is 13.4. The number of carbonyl (C=O) groups is 4. The van der Waals surface area contributed by atoms with Gasteiger partial charge in [0.25, 0.3) is 5.24 Å². The van der Waals surface area contributed by atoms with Crippen molar-refractivity contribution in [1.82, 2.24) is 5.32 Å². The average molecular weight is 424 g/mol. The Balaban J connectivity index is 1.64. The molecule has 30 heavy (non-hydrogen) atoms. The van der Waals surface area contributed by atoms with E-state index in [4.69, 9.17) is 9.15 Å². The Morgan fingerprint density at radius 3 is 2.53 bits per heavy atom. The van der Waals surface area contributed by atoms with Gasteiger partial charge < -0.3 is 14.5 Å². The largest absolute Gasteiger partial charge is 0.497 e. The first kappa shape index (κ1) is 19.7. The molecule has 1 unspecified atom stereocenters. The molecule has 1 aliphatic heterocycles. The maximum Gasteiger partial charge on any atom is 0.286 e. The molecule has 1 saturated heterocycles. The van der Waals surface area contributed by atoms with Crippen LogP contribution in [-0.4, -0.2) is 35.2 Å². The smallest absolute Gasteiger partial charge is 0.286 e. The van der Waals surface area contributed by atoms with E-state index in [2.05, 4.69) is 10.6 Å². The van der Waals surface area contributed by atoms with Gasteiger partial charge in [0.1, 0.15) is 16.6 Å². The van der Waals surface area contributed by atoms with E-state index in [1.165, 1.54) is 7.11 Å². The number of fused-ring (bicyclic) bond motifs is 1. The van der Waals surface area contributed by atoms with Gasteiger partial charge in [0, 0.05) is 17.4 Å². The number of rotatable bonds is 6. The fourth-order valence-electron chi connectivity index (χ4n) is 3.09. The quantitative estimate of drug-likeness (QED) is 0.583. The predicted octanol–water partition coefficient (Wildman–Crippen LogP) is 3.35. The van der Waals surface area contributed by atoms with Crippen molar-refractivity contribution in [2.24, 2.45) is 0 Å². The summed E-state index contributed by atoms with van der Waals surface area (Å²) in [5.74, 6) is -0.840. The molecular weight excluding hydrogens is 408 g/mol. The number of anilines is 1. The second-order valence-electron chi connectivity index (χ2n) is 6.50. The number of imide groups is 1. The number of furan rings is 1. The van der Waals surface area contributed by atoms with Gasteiger partial charge in [-0.3, -0.25) is 24.5 Å². The molecule has 0 saturated carbocycles. The van der Waals surface area contributed by atoms with Gasteiger partial charge in [-0.25, -0.2) is 0 Å². The van der Waals surface area contributed by atoms with Crippen LogP contribution >= 0.6 is 11.8 Å². The van der Waals surface area contributed by atoms with Crippen molar-refractivity contribution in [3.8, 4) is 5.75 Å². The Morgan fingerprint density at radius 2 is 1.87 bits per heavy atom. The molecule has 3 aromatic rings. The van der Waals surface area contributed by atoms with Crippen molar-refractivity contribution in [2.75, 3.05) is 12.4 Å². The summed E-state index contributed by atoms with van der Waals surface area (Å²) in [6.07, 6.45) is -0.210. The molecule has 9 heteroatoms. The molecule has 0 aliphatic carbocycles. The van der Waals surface area contributed by atoms with Crippen molar-refractivity contribution in [2.45, 2.75) is 11.7 Å². The normalized spacial score (nSPS) is 15.8. The van der Waals surface area contributed by atoms with Crippen LogP contribution in [0.3, 0.4) is 0 Å². The van der Waals surface area contributed by atoms with Crippen molar-refractivity contribution in [3.05, 3.63) is 59.9 Å². The first-order valence-electron chi connectivity index (χ1n) is 8.98. The summed E-state index contributed by atoms with van der Waals surface area (Å²) in [6.45, 7) is 0. The molecule has 2 N–H and O–H groups in total. The molecule has 2 heterocycles. The third-order valence-corrected chi connectivity index (χ3v) is 5.54. The highest BCUT2D eigenvalue weighted by molar-refractivity contribution is 8.15. The van der Waals surface area contributed by atoms with Crippen molar-refractivity contribution in [3.63, 3.8) is 0 Å². The van der Waals surface area contributed by atoms with Crippen LogP contribution in [0.25, 0.3) is 11.0 Å². The number of thioether (sulfide) groups is 1. The zero-order valence-corrected chi connectivity index (χ0v) is 16.6. The number of para-hydroxylation sites is 1. The molecule has 1 aromatic heterocycles. The minimum atomic E-state index is -0.809. The van der Waals surface area contributed by atoms with Crippen LogP contribution in [-0.2, 0) is 9.59 Å². The van der Waals surface area contributed by atoms with E-state index in [0.29, 0.717) is 22.3 Å². The van der Waals surface area contributed by atoms with Gasteiger partial charge in [0.2, 0.25) is 17.6 Å². The molecule has 0 radical (unpaired) electrons. The van der Waals surface area contributed by atoms with Crippen LogP contribution in [0.15, 0.2) is 52.9 Å². The Labute approximate surface area is 174 Å². The average Bonchev–Trinajstić information content (AvgIpc) is 3.26. The zero-order valence-electron chi connectivity index (χ0n) is 15.8. The van der Waals surface area contributed by atoms with Crippen molar-refractivity contribution in [1.29, 1.82) is 0 Å². The van der Waals surface area contributed by atoms with E-state index < -0.39 is 28.1 Å². The van der Waals surface area contributed by atoms with Gasteiger partial charge in [-0.1, -0.05) is 23.9 Å². The molecule has 2 aromatic carbocycles. The van der Waals surface area contributed by atoms with Gasteiger partial charge >= 0.3 is 0 Å². The highest BCUT2D eigenvalue weighted by Gasteiger charge is 2.34. The number of benzene rings is 2. The minimum Gasteiger partial charge on any atom is -0.497 e. The Kier molecular flexibility index (Phi) is 5.28. The number of nitrogens with one attached hydrogen (secondary N) is 2. The molecule has 3 amide bonds.